The molecule has 5 rings (SSSR count). The lowest BCUT2D eigenvalue weighted by Crippen LogP contribution is -2.30. The highest BCUT2D eigenvalue weighted by Crippen LogP contribution is 2.44. The second-order valence-electron chi connectivity index (χ2n) is 10.4. The van der Waals surface area contributed by atoms with Crippen molar-refractivity contribution in [2.45, 2.75) is 39.7 Å². The number of aromatic amines is 1. The molecule has 0 radical (unpaired) electrons. The summed E-state index contributed by atoms with van der Waals surface area (Å²) >= 11 is 0. The summed E-state index contributed by atoms with van der Waals surface area (Å²) in [7, 11) is 4.66. The number of benzene rings is 3. The van der Waals surface area contributed by atoms with Crippen LogP contribution in [0.2, 0.25) is 0 Å². The van der Waals surface area contributed by atoms with E-state index in [0.29, 0.717) is 45.0 Å². The Morgan fingerprint density at radius 1 is 0.951 bits per heavy atom. The van der Waals surface area contributed by atoms with Crippen molar-refractivity contribution in [2.75, 3.05) is 26.2 Å². The molecule has 2 N–H and O–H groups in total. The van der Waals surface area contributed by atoms with Gasteiger partial charge in [0.25, 0.3) is 5.78 Å². The van der Waals surface area contributed by atoms with Crippen LogP contribution in [0.25, 0.3) is 16.8 Å². The number of ether oxygens (including phenoxy) is 3. The van der Waals surface area contributed by atoms with Crippen LogP contribution in [0.3, 0.4) is 0 Å². The van der Waals surface area contributed by atoms with Crippen molar-refractivity contribution in [1.82, 2.24) is 9.97 Å². The third kappa shape index (κ3) is 4.67. The number of nitrogens with one attached hydrogen (secondary N) is 1. The molecule has 0 bridgehead atoms. The molecule has 9 nitrogen and oxygen atoms in total. The number of nitrogens with zero attached hydrogens (tertiary/aromatic N) is 2. The molecule has 3 aromatic carbocycles. The minimum absolute atomic E-state index is 0.0146. The molecule has 41 heavy (non-hydrogen) atoms. The van der Waals surface area contributed by atoms with Gasteiger partial charge in [0.15, 0.2) is 11.5 Å². The van der Waals surface area contributed by atoms with Gasteiger partial charge in [0.05, 0.1) is 44.0 Å². The molecule has 1 atom stereocenters. The number of anilines is 1. The maximum atomic E-state index is 13.7. The Bertz CT molecular complexity index is 1680. The van der Waals surface area contributed by atoms with Crippen LogP contribution in [-0.2, 0) is 9.59 Å². The quantitative estimate of drug-likeness (QED) is 0.164. The van der Waals surface area contributed by atoms with Crippen LogP contribution >= 0.6 is 0 Å². The molecule has 1 unspecified atom stereocenters. The number of hydrogen-bond acceptors (Lipinski definition) is 7. The minimum atomic E-state index is -0.928. The summed E-state index contributed by atoms with van der Waals surface area (Å²) in [5, 5.41) is 11.8. The number of amides is 1. The third-order valence-corrected chi connectivity index (χ3v) is 7.46. The number of rotatable bonds is 7. The van der Waals surface area contributed by atoms with Crippen LogP contribution in [0.5, 0.6) is 17.2 Å². The molecule has 9 heteroatoms. The highest BCUT2D eigenvalue weighted by Gasteiger charge is 2.48. The molecule has 1 aromatic heterocycles. The smallest absolute Gasteiger partial charge is 0.302 e. The maximum absolute atomic E-state index is 13.7. The lowest BCUT2D eigenvalue weighted by Gasteiger charge is -2.24. The summed E-state index contributed by atoms with van der Waals surface area (Å²) in [6.45, 7) is 7.81. The fraction of sp³-hybridized carbons (Fsp3) is 0.281. The van der Waals surface area contributed by atoms with Crippen LogP contribution in [0.1, 0.15) is 53.6 Å². The molecule has 1 fully saturated rings. The molecule has 0 aliphatic carbocycles. The van der Waals surface area contributed by atoms with Gasteiger partial charge in [-0.1, -0.05) is 43.7 Å². The molecule has 4 aromatic rings. The number of aromatic nitrogens is 2. The lowest BCUT2D eigenvalue weighted by atomic mass is 9.90. The first kappa shape index (κ1) is 27.8. The highest BCUT2D eigenvalue weighted by molar-refractivity contribution is 6.51. The second kappa shape index (κ2) is 10.6. The summed E-state index contributed by atoms with van der Waals surface area (Å²) in [6, 6.07) is 13.7. The van der Waals surface area contributed by atoms with Gasteiger partial charge in [-0.05, 0) is 48.6 Å². The predicted octanol–water partition coefficient (Wildman–Crippen LogP) is 5.96. The normalized spacial score (nSPS) is 16.6. The molecular formula is C32H33N3O6. The minimum Gasteiger partial charge on any atom is -0.507 e. The van der Waals surface area contributed by atoms with E-state index in [1.807, 2.05) is 64.1 Å². The van der Waals surface area contributed by atoms with Gasteiger partial charge in [-0.3, -0.25) is 14.5 Å². The number of aryl methyl sites for hydroxylation is 2. The van der Waals surface area contributed by atoms with Crippen molar-refractivity contribution >= 4 is 34.4 Å². The molecule has 0 saturated carbocycles. The van der Waals surface area contributed by atoms with Crippen molar-refractivity contribution < 1.29 is 28.9 Å². The molecule has 1 amide bonds. The van der Waals surface area contributed by atoms with Gasteiger partial charge in [0, 0.05) is 17.7 Å². The molecule has 212 valence electrons. The maximum Gasteiger partial charge on any atom is 0.302 e. The Balaban J connectivity index is 1.75. The fourth-order valence-electron chi connectivity index (χ4n) is 5.37. The number of fused-ring (bicyclic) bond motifs is 1. The van der Waals surface area contributed by atoms with E-state index in [1.165, 1.54) is 19.1 Å². The van der Waals surface area contributed by atoms with E-state index in [9.17, 15) is 14.7 Å². The number of carbonyl (C=O) groups is 2. The SMILES string of the molecule is COc1cc2nc(N3C(=O)C(=O)/C(=C(/O)c4cc(C(C)C)c(OC)cc4C)C3c3cccc(C)c3)[nH]c2cc1OC. The number of Topliss-reactive ketones (excluding diaryl/α,β-unsaturated/α-hetero) is 1. The zero-order chi connectivity index (χ0) is 29.6. The van der Waals surface area contributed by atoms with Crippen LogP contribution < -0.4 is 19.1 Å². The zero-order valence-corrected chi connectivity index (χ0v) is 24.2. The molecular weight excluding hydrogens is 522 g/mol. The van der Waals surface area contributed by atoms with E-state index in [2.05, 4.69) is 9.97 Å². The average Bonchev–Trinajstić information content (AvgIpc) is 3.48. The van der Waals surface area contributed by atoms with Crippen molar-refractivity contribution in [1.29, 1.82) is 0 Å². The third-order valence-electron chi connectivity index (χ3n) is 7.46. The number of ketones is 1. The average molecular weight is 556 g/mol. The molecule has 1 saturated heterocycles. The van der Waals surface area contributed by atoms with Gasteiger partial charge in [-0.25, -0.2) is 4.98 Å². The van der Waals surface area contributed by atoms with Crippen LogP contribution in [-0.4, -0.2) is 48.1 Å². The number of aliphatic hydroxyl groups excluding tert-OH is 1. The largest absolute Gasteiger partial charge is 0.507 e. The lowest BCUT2D eigenvalue weighted by molar-refractivity contribution is -0.132. The van der Waals surface area contributed by atoms with E-state index < -0.39 is 17.7 Å². The Morgan fingerprint density at radius 3 is 2.27 bits per heavy atom. The molecule has 1 aliphatic heterocycles. The summed E-state index contributed by atoms with van der Waals surface area (Å²) in [5.74, 6) is 0.0672. The monoisotopic (exact) mass is 555 g/mol. The van der Waals surface area contributed by atoms with Gasteiger partial charge in [0.2, 0.25) is 5.95 Å². The summed E-state index contributed by atoms with van der Waals surface area (Å²) < 4.78 is 16.4. The van der Waals surface area contributed by atoms with Crippen molar-refractivity contribution in [3.05, 3.63) is 81.9 Å². The number of aliphatic hydroxyl groups is 1. The zero-order valence-electron chi connectivity index (χ0n) is 24.2. The first-order valence-corrected chi connectivity index (χ1v) is 13.3. The van der Waals surface area contributed by atoms with Crippen molar-refractivity contribution in [3.63, 3.8) is 0 Å². The first-order valence-electron chi connectivity index (χ1n) is 13.3. The fourth-order valence-corrected chi connectivity index (χ4v) is 5.37. The predicted molar refractivity (Wildman–Crippen MR) is 157 cm³/mol. The number of methoxy groups -OCH3 is 3. The van der Waals surface area contributed by atoms with Gasteiger partial charge in [-0.15, -0.1) is 0 Å². The number of carbonyl (C=O) groups excluding carboxylic acids is 2. The summed E-state index contributed by atoms with van der Waals surface area (Å²) in [4.78, 5) is 36.6. The number of H-pyrrole nitrogens is 1. The van der Waals surface area contributed by atoms with Crippen LogP contribution in [0.15, 0.2) is 54.1 Å². The van der Waals surface area contributed by atoms with E-state index in [-0.39, 0.29) is 23.2 Å². The Kier molecular flexibility index (Phi) is 7.21. The topological polar surface area (TPSA) is 114 Å². The van der Waals surface area contributed by atoms with Crippen LogP contribution in [0, 0.1) is 13.8 Å². The first-order chi connectivity index (χ1) is 19.6. The van der Waals surface area contributed by atoms with Crippen molar-refractivity contribution in [3.8, 4) is 17.2 Å². The van der Waals surface area contributed by atoms with Gasteiger partial charge in [-0.2, -0.15) is 0 Å². The summed E-state index contributed by atoms with van der Waals surface area (Å²) in [6.07, 6.45) is 0. The standard InChI is InChI=1S/C32H33N3O6/c1-16(2)20-13-21(18(4)12-24(20)39-5)29(36)27-28(19-10-8-9-17(3)11-19)35(31(38)30(27)37)32-33-22-14-25(40-6)26(41-7)15-23(22)34-32/h8-16,28,36H,1-7H3,(H,33,34)/b29-27+. The molecule has 0 spiro atoms. The van der Waals surface area contributed by atoms with Gasteiger partial charge in [0.1, 0.15) is 11.5 Å². The summed E-state index contributed by atoms with van der Waals surface area (Å²) in [5.41, 5.74) is 4.75. The Labute approximate surface area is 238 Å². The van der Waals surface area contributed by atoms with Crippen molar-refractivity contribution in [2.24, 2.45) is 0 Å². The molecule has 1 aliphatic rings. The van der Waals surface area contributed by atoms with Gasteiger partial charge < -0.3 is 24.3 Å². The van der Waals surface area contributed by atoms with E-state index >= 15 is 0 Å². The Morgan fingerprint density at radius 2 is 1.63 bits per heavy atom. The van der Waals surface area contributed by atoms with Crippen LogP contribution in [0.4, 0.5) is 5.95 Å². The van der Waals surface area contributed by atoms with E-state index in [4.69, 9.17) is 14.2 Å². The van der Waals surface area contributed by atoms with Gasteiger partial charge >= 0.3 is 5.91 Å². The number of imidazole rings is 1. The second-order valence-corrected chi connectivity index (χ2v) is 10.4. The molecule has 2 heterocycles. The van der Waals surface area contributed by atoms with E-state index in [1.54, 1.807) is 19.2 Å². The highest BCUT2D eigenvalue weighted by atomic mass is 16.5. The van der Waals surface area contributed by atoms with E-state index in [0.717, 1.165) is 11.1 Å². The number of hydrogen-bond donors (Lipinski definition) is 2. The Hall–Kier alpha value is -4.79.